The second kappa shape index (κ2) is 13.1. The molecule has 200 valence electrons. The Bertz CT molecular complexity index is 1110. The Balaban J connectivity index is 2.10. The van der Waals surface area contributed by atoms with Crippen LogP contribution in [0.3, 0.4) is 0 Å². The van der Waals surface area contributed by atoms with Crippen molar-refractivity contribution in [2.45, 2.75) is 39.7 Å². The predicted molar refractivity (Wildman–Crippen MR) is 143 cm³/mol. The number of rotatable bonds is 13. The number of carbonyl (C=O) groups excluding carboxylic acids is 2. The first kappa shape index (κ1) is 28.1. The molecule has 0 spiro atoms. The van der Waals surface area contributed by atoms with Crippen LogP contribution in [-0.2, 0) is 9.59 Å². The summed E-state index contributed by atoms with van der Waals surface area (Å²) in [6.07, 6.45) is 1.92. The zero-order valence-electron chi connectivity index (χ0n) is 22.5. The van der Waals surface area contributed by atoms with E-state index in [1.807, 2.05) is 38.9 Å². The van der Waals surface area contributed by atoms with Gasteiger partial charge < -0.3 is 29.1 Å². The van der Waals surface area contributed by atoms with E-state index in [9.17, 15) is 14.7 Å². The minimum Gasteiger partial charge on any atom is -0.507 e. The molecule has 0 aromatic heterocycles. The number of aliphatic hydroxyl groups excluding tert-OH is 1. The fourth-order valence-corrected chi connectivity index (χ4v) is 4.20. The number of nitrogens with zero attached hydrogens (tertiary/aromatic N) is 2. The van der Waals surface area contributed by atoms with Crippen molar-refractivity contribution in [2.24, 2.45) is 0 Å². The van der Waals surface area contributed by atoms with Crippen molar-refractivity contribution < 1.29 is 28.9 Å². The highest BCUT2D eigenvalue weighted by molar-refractivity contribution is 6.46. The number of hydrogen-bond donors (Lipinski definition) is 1. The molecule has 1 aliphatic heterocycles. The third kappa shape index (κ3) is 6.63. The number of carbonyl (C=O) groups is 2. The number of Topliss-reactive ketones (excluding diaryl/α,β-unsaturated/α-hetero) is 1. The van der Waals surface area contributed by atoms with Gasteiger partial charge in [-0.05, 0) is 76.3 Å². The van der Waals surface area contributed by atoms with E-state index in [4.69, 9.17) is 14.2 Å². The minimum atomic E-state index is -0.768. The molecule has 2 aromatic carbocycles. The molecular weight excluding hydrogens is 472 g/mol. The van der Waals surface area contributed by atoms with E-state index in [1.165, 1.54) is 4.90 Å². The summed E-state index contributed by atoms with van der Waals surface area (Å²) in [6, 6.07) is 11.5. The van der Waals surface area contributed by atoms with Crippen molar-refractivity contribution in [3.8, 4) is 17.2 Å². The Morgan fingerprint density at radius 1 is 0.946 bits per heavy atom. The first-order valence-corrected chi connectivity index (χ1v) is 12.9. The molecule has 0 bridgehead atoms. The van der Waals surface area contributed by atoms with Crippen molar-refractivity contribution >= 4 is 17.4 Å². The molecule has 0 saturated carbocycles. The maximum atomic E-state index is 13.3. The summed E-state index contributed by atoms with van der Waals surface area (Å²) in [6.45, 7) is 8.26. The molecule has 8 heteroatoms. The van der Waals surface area contributed by atoms with Crippen molar-refractivity contribution in [1.29, 1.82) is 0 Å². The van der Waals surface area contributed by atoms with Gasteiger partial charge in [0.05, 0.1) is 31.4 Å². The van der Waals surface area contributed by atoms with E-state index < -0.39 is 17.7 Å². The molecule has 1 amide bonds. The number of hydrogen-bond acceptors (Lipinski definition) is 7. The van der Waals surface area contributed by atoms with Crippen LogP contribution in [0, 0.1) is 0 Å². The highest BCUT2D eigenvalue weighted by Crippen LogP contribution is 2.42. The number of ether oxygens (including phenoxy) is 3. The topological polar surface area (TPSA) is 88.5 Å². The fourth-order valence-electron chi connectivity index (χ4n) is 4.20. The Morgan fingerprint density at radius 2 is 1.65 bits per heavy atom. The molecule has 37 heavy (non-hydrogen) atoms. The second-order valence-corrected chi connectivity index (χ2v) is 9.09. The van der Waals surface area contributed by atoms with E-state index >= 15 is 0 Å². The molecule has 1 saturated heterocycles. The van der Waals surface area contributed by atoms with Crippen LogP contribution in [0.4, 0.5) is 0 Å². The van der Waals surface area contributed by atoms with Crippen LogP contribution in [-0.4, -0.2) is 73.6 Å². The summed E-state index contributed by atoms with van der Waals surface area (Å²) in [5.74, 6) is 0.227. The zero-order valence-corrected chi connectivity index (χ0v) is 22.5. The predicted octanol–water partition coefficient (Wildman–Crippen LogP) is 4.65. The molecule has 1 heterocycles. The quantitative estimate of drug-likeness (QED) is 0.182. The molecule has 1 unspecified atom stereocenters. The average molecular weight is 511 g/mol. The van der Waals surface area contributed by atoms with Crippen molar-refractivity contribution in [3.05, 3.63) is 59.2 Å². The van der Waals surface area contributed by atoms with E-state index in [0.717, 1.165) is 12.8 Å². The van der Waals surface area contributed by atoms with Crippen molar-refractivity contribution in [3.63, 3.8) is 0 Å². The van der Waals surface area contributed by atoms with E-state index in [0.29, 0.717) is 61.3 Å². The normalized spacial score (nSPS) is 16.9. The third-order valence-corrected chi connectivity index (χ3v) is 6.11. The lowest BCUT2D eigenvalue weighted by atomic mass is 9.95. The van der Waals surface area contributed by atoms with E-state index in [-0.39, 0.29) is 11.3 Å². The largest absolute Gasteiger partial charge is 0.507 e. The van der Waals surface area contributed by atoms with Gasteiger partial charge in [-0.2, -0.15) is 0 Å². The number of amides is 1. The van der Waals surface area contributed by atoms with Crippen LogP contribution in [0.15, 0.2) is 48.0 Å². The van der Waals surface area contributed by atoms with Crippen LogP contribution in [0.1, 0.15) is 50.8 Å². The van der Waals surface area contributed by atoms with E-state index in [2.05, 4.69) is 6.92 Å². The lowest BCUT2D eigenvalue weighted by Gasteiger charge is -2.27. The smallest absolute Gasteiger partial charge is 0.295 e. The van der Waals surface area contributed by atoms with E-state index in [1.54, 1.807) is 36.4 Å². The van der Waals surface area contributed by atoms with Crippen molar-refractivity contribution in [1.82, 2.24) is 9.80 Å². The Labute approximate surface area is 219 Å². The average Bonchev–Trinajstić information content (AvgIpc) is 3.13. The lowest BCUT2D eigenvalue weighted by Crippen LogP contribution is -2.35. The molecule has 1 atom stereocenters. The summed E-state index contributed by atoms with van der Waals surface area (Å²) >= 11 is 0. The summed E-state index contributed by atoms with van der Waals surface area (Å²) < 4.78 is 17.3. The Hall–Kier alpha value is -3.52. The fraction of sp³-hybridized carbons (Fsp3) is 0.448. The molecule has 0 radical (unpaired) electrons. The van der Waals surface area contributed by atoms with Gasteiger partial charge >= 0.3 is 0 Å². The van der Waals surface area contributed by atoms with Gasteiger partial charge in [-0.15, -0.1) is 0 Å². The molecule has 3 rings (SSSR count). The molecule has 0 aliphatic carbocycles. The van der Waals surface area contributed by atoms with Gasteiger partial charge in [0.1, 0.15) is 11.5 Å². The number of aliphatic hydroxyl groups is 1. The van der Waals surface area contributed by atoms with Crippen LogP contribution in [0.5, 0.6) is 17.2 Å². The number of ketones is 1. The van der Waals surface area contributed by atoms with Gasteiger partial charge in [-0.1, -0.05) is 19.4 Å². The first-order valence-electron chi connectivity index (χ1n) is 12.9. The first-order chi connectivity index (χ1) is 17.8. The van der Waals surface area contributed by atoms with Gasteiger partial charge in [0.25, 0.3) is 11.7 Å². The highest BCUT2D eigenvalue weighted by atomic mass is 16.5. The molecular formula is C29H38N2O6. The second-order valence-electron chi connectivity index (χ2n) is 9.09. The van der Waals surface area contributed by atoms with Crippen LogP contribution in [0.25, 0.3) is 5.76 Å². The molecule has 1 fully saturated rings. The standard InChI is InChI=1S/C29H38N2O6/c1-6-9-18-37-23-15-12-21(19-24(23)36-8-3)26-25(28(33)29(34)31(26)17-16-30(4)5)27(32)20-10-13-22(14-11-20)35-7-2/h10-15,19,26,32H,6-9,16-18H2,1-5H3/b27-25+. The number of benzene rings is 2. The molecule has 2 aromatic rings. The van der Waals surface area contributed by atoms with Gasteiger partial charge in [-0.3, -0.25) is 9.59 Å². The Kier molecular flexibility index (Phi) is 9.97. The van der Waals surface area contributed by atoms with Crippen LogP contribution >= 0.6 is 0 Å². The van der Waals surface area contributed by atoms with Crippen molar-refractivity contribution in [2.75, 3.05) is 47.0 Å². The van der Waals surface area contributed by atoms with Gasteiger partial charge in [0, 0.05) is 18.7 Å². The summed E-state index contributed by atoms with van der Waals surface area (Å²) in [4.78, 5) is 29.9. The highest BCUT2D eigenvalue weighted by Gasteiger charge is 2.46. The maximum absolute atomic E-state index is 13.3. The minimum absolute atomic E-state index is 0.0509. The van der Waals surface area contributed by atoms with Gasteiger partial charge in [0.2, 0.25) is 0 Å². The summed E-state index contributed by atoms with van der Waals surface area (Å²) in [5.41, 5.74) is 1.15. The molecule has 1 aliphatic rings. The number of unbranched alkanes of at least 4 members (excludes halogenated alkanes) is 1. The summed E-state index contributed by atoms with van der Waals surface area (Å²) in [5, 5.41) is 11.3. The summed E-state index contributed by atoms with van der Waals surface area (Å²) in [7, 11) is 3.81. The van der Waals surface area contributed by atoms with Gasteiger partial charge in [-0.25, -0.2) is 0 Å². The monoisotopic (exact) mass is 510 g/mol. The third-order valence-electron chi connectivity index (χ3n) is 6.11. The zero-order chi connectivity index (χ0) is 26.9. The molecule has 8 nitrogen and oxygen atoms in total. The molecule has 1 N–H and O–H groups in total. The number of likely N-dealkylation sites (tertiary alicyclic amines) is 1. The Morgan fingerprint density at radius 3 is 2.27 bits per heavy atom. The maximum Gasteiger partial charge on any atom is 0.295 e. The van der Waals surface area contributed by atoms with Gasteiger partial charge in [0.15, 0.2) is 11.5 Å². The number of likely N-dealkylation sites (N-methyl/N-ethyl adjacent to an activating group) is 1. The lowest BCUT2D eigenvalue weighted by molar-refractivity contribution is -0.140. The van der Waals surface area contributed by atoms with Crippen LogP contribution in [0.2, 0.25) is 0 Å². The SMILES string of the molecule is CCCCOc1ccc(C2/C(=C(\O)c3ccc(OCC)cc3)C(=O)C(=O)N2CCN(C)C)cc1OCC. The van der Waals surface area contributed by atoms with Crippen LogP contribution < -0.4 is 14.2 Å².